The van der Waals surface area contributed by atoms with Gasteiger partial charge in [0, 0.05) is 38.5 Å². The van der Waals surface area contributed by atoms with Crippen LogP contribution in [0, 0.1) is 17.2 Å². The molecule has 22 heavy (non-hydrogen) atoms. The number of nitrogens with zero attached hydrogens (tertiary/aromatic N) is 2. The van der Waals surface area contributed by atoms with E-state index in [1.165, 1.54) is 24.8 Å². The fourth-order valence-corrected chi connectivity index (χ4v) is 3.16. The predicted molar refractivity (Wildman–Crippen MR) is 89.6 cm³/mol. The van der Waals surface area contributed by atoms with Gasteiger partial charge in [-0.25, -0.2) is 0 Å². The third-order valence-electron chi connectivity index (χ3n) is 4.65. The molecule has 1 fully saturated rings. The van der Waals surface area contributed by atoms with Crippen molar-refractivity contribution in [2.24, 2.45) is 5.92 Å². The van der Waals surface area contributed by atoms with Gasteiger partial charge in [0.1, 0.15) is 0 Å². The average molecular weight is 301 g/mol. The molecule has 1 aromatic carbocycles. The van der Waals surface area contributed by atoms with Crippen LogP contribution in [-0.4, -0.2) is 31.3 Å². The van der Waals surface area contributed by atoms with Gasteiger partial charge in [-0.15, -0.1) is 0 Å². The number of hydrogen-bond donors (Lipinski definition) is 2. The van der Waals surface area contributed by atoms with Gasteiger partial charge < -0.3 is 15.3 Å². The molecule has 2 N–H and O–H groups in total. The first-order valence-electron chi connectivity index (χ1n) is 8.26. The molecule has 4 nitrogen and oxygen atoms in total. The quantitative estimate of drug-likeness (QED) is 0.813. The summed E-state index contributed by atoms with van der Waals surface area (Å²) in [5.41, 5.74) is 2.41. The zero-order chi connectivity index (χ0) is 15.8. The number of anilines is 1. The molecule has 0 aliphatic heterocycles. The minimum atomic E-state index is 0.292. The third kappa shape index (κ3) is 4.72. The molecule has 0 heterocycles. The molecule has 0 spiro atoms. The molecule has 1 aliphatic rings. The lowest BCUT2D eigenvalue weighted by Crippen LogP contribution is -2.39. The van der Waals surface area contributed by atoms with Crippen LogP contribution in [0.25, 0.3) is 0 Å². The van der Waals surface area contributed by atoms with Gasteiger partial charge in [0.2, 0.25) is 0 Å². The van der Waals surface area contributed by atoms with Crippen LogP contribution in [0.2, 0.25) is 0 Å². The Balaban J connectivity index is 1.84. The Morgan fingerprint density at radius 1 is 1.27 bits per heavy atom. The molecule has 4 heteroatoms. The van der Waals surface area contributed by atoms with Crippen molar-refractivity contribution in [1.82, 2.24) is 5.32 Å². The minimum absolute atomic E-state index is 0.292. The minimum Gasteiger partial charge on any atom is -0.396 e. The summed E-state index contributed by atoms with van der Waals surface area (Å²) in [6, 6.07) is 11.1. The zero-order valence-corrected chi connectivity index (χ0v) is 13.5. The Labute approximate surface area is 133 Å². The molecule has 1 aromatic rings. The molecule has 2 unspecified atom stereocenters. The highest BCUT2D eigenvalue weighted by Gasteiger charge is 2.23. The summed E-state index contributed by atoms with van der Waals surface area (Å²) in [5, 5.41) is 21.7. The van der Waals surface area contributed by atoms with E-state index in [9.17, 15) is 5.11 Å². The van der Waals surface area contributed by atoms with Crippen LogP contribution in [0.4, 0.5) is 5.69 Å². The molecule has 120 valence electrons. The van der Waals surface area contributed by atoms with E-state index in [2.05, 4.69) is 40.6 Å². The summed E-state index contributed by atoms with van der Waals surface area (Å²) < 4.78 is 0. The second-order valence-corrected chi connectivity index (χ2v) is 6.21. The second kappa shape index (κ2) is 8.77. The molecular weight excluding hydrogens is 274 g/mol. The van der Waals surface area contributed by atoms with Crippen molar-refractivity contribution < 1.29 is 5.11 Å². The van der Waals surface area contributed by atoms with Crippen molar-refractivity contribution >= 4 is 5.69 Å². The number of aliphatic hydroxyl groups excluding tert-OH is 1. The van der Waals surface area contributed by atoms with Gasteiger partial charge in [0.25, 0.3) is 0 Å². The van der Waals surface area contributed by atoms with E-state index in [1.54, 1.807) is 0 Å². The molecule has 1 aliphatic carbocycles. The van der Waals surface area contributed by atoms with Crippen LogP contribution >= 0.6 is 0 Å². The van der Waals surface area contributed by atoms with E-state index in [1.807, 2.05) is 7.05 Å². The van der Waals surface area contributed by atoms with Gasteiger partial charge in [-0.05, 0) is 36.5 Å². The number of nitrogens with one attached hydrogen (secondary N) is 1. The Bertz CT molecular complexity index is 480. The molecule has 2 rings (SSSR count). The second-order valence-electron chi connectivity index (χ2n) is 6.21. The molecule has 2 atom stereocenters. The third-order valence-corrected chi connectivity index (χ3v) is 4.65. The fraction of sp³-hybridized carbons (Fsp3) is 0.611. The summed E-state index contributed by atoms with van der Waals surface area (Å²) in [4.78, 5) is 2.10. The molecule has 1 saturated carbocycles. The first-order valence-corrected chi connectivity index (χ1v) is 8.26. The molecule has 0 radical (unpaired) electrons. The van der Waals surface area contributed by atoms with E-state index < -0.39 is 0 Å². The number of nitriles is 1. The number of rotatable bonds is 7. The van der Waals surface area contributed by atoms with Crippen molar-refractivity contribution in [1.29, 1.82) is 5.26 Å². The van der Waals surface area contributed by atoms with E-state index in [0.717, 1.165) is 25.2 Å². The van der Waals surface area contributed by atoms with Gasteiger partial charge in [0.15, 0.2) is 0 Å². The van der Waals surface area contributed by atoms with Gasteiger partial charge >= 0.3 is 0 Å². The number of hydrogen-bond acceptors (Lipinski definition) is 4. The predicted octanol–water partition coefficient (Wildman–Crippen LogP) is 2.68. The van der Waals surface area contributed by atoms with Crippen molar-refractivity contribution in [2.75, 3.05) is 25.1 Å². The Kier molecular flexibility index (Phi) is 6.70. The molecule has 0 saturated heterocycles. The SMILES string of the molecule is CN(CCC#N)c1ccc(CNC2CCCCC2CO)cc1. The summed E-state index contributed by atoms with van der Waals surface area (Å²) in [6.45, 7) is 1.90. The first-order chi connectivity index (χ1) is 10.7. The number of aliphatic hydroxyl groups is 1. The maximum absolute atomic E-state index is 9.46. The van der Waals surface area contributed by atoms with Gasteiger partial charge in [0.05, 0.1) is 12.5 Å². The van der Waals surface area contributed by atoms with Gasteiger partial charge in [-0.3, -0.25) is 0 Å². The van der Waals surface area contributed by atoms with Crippen molar-refractivity contribution in [3.05, 3.63) is 29.8 Å². The molecule has 0 amide bonds. The molecular formula is C18H27N3O. The highest BCUT2D eigenvalue weighted by molar-refractivity contribution is 5.46. The van der Waals surface area contributed by atoms with E-state index in [0.29, 0.717) is 25.0 Å². The highest BCUT2D eigenvalue weighted by atomic mass is 16.3. The lowest BCUT2D eigenvalue weighted by molar-refractivity contribution is 0.152. The van der Waals surface area contributed by atoms with Crippen LogP contribution in [-0.2, 0) is 6.54 Å². The Morgan fingerprint density at radius 3 is 2.68 bits per heavy atom. The average Bonchev–Trinajstić information content (AvgIpc) is 2.58. The fourth-order valence-electron chi connectivity index (χ4n) is 3.16. The Morgan fingerprint density at radius 2 is 2.00 bits per heavy atom. The maximum Gasteiger partial charge on any atom is 0.0640 e. The maximum atomic E-state index is 9.46. The topological polar surface area (TPSA) is 59.3 Å². The van der Waals surface area contributed by atoms with Gasteiger partial charge in [-0.1, -0.05) is 25.0 Å². The van der Waals surface area contributed by atoms with Crippen LogP contribution in [0.3, 0.4) is 0 Å². The van der Waals surface area contributed by atoms with Crippen LogP contribution in [0.5, 0.6) is 0 Å². The lowest BCUT2D eigenvalue weighted by Gasteiger charge is -2.31. The van der Waals surface area contributed by atoms with Crippen molar-refractivity contribution in [2.45, 2.75) is 44.7 Å². The van der Waals surface area contributed by atoms with E-state index >= 15 is 0 Å². The molecule has 0 bridgehead atoms. The van der Waals surface area contributed by atoms with Crippen molar-refractivity contribution in [3.8, 4) is 6.07 Å². The molecule has 0 aromatic heterocycles. The zero-order valence-electron chi connectivity index (χ0n) is 13.5. The van der Waals surface area contributed by atoms with Crippen LogP contribution in [0.15, 0.2) is 24.3 Å². The summed E-state index contributed by atoms with van der Waals surface area (Å²) in [5.74, 6) is 0.408. The van der Waals surface area contributed by atoms with E-state index in [4.69, 9.17) is 5.26 Å². The summed E-state index contributed by atoms with van der Waals surface area (Å²) in [7, 11) is 2.01. The van der Waals surface area contributed by atoms with E-state index in [-0.39, 0.29) is 0 Å². The largest absolute Gasteiger partial charge is 0.396 e. The van der Waals surface area contributed by atoms with Gasteiger partial charge in [-0.2, -0.15) is 5.26 Å². The smallest absolute Gasteiger partial charge is 0.0640 e. The Hall–Kier alpha value is -1.57. The normalized spacial score (nSPS) is 21.3. The first kappa shape index (κ1) is 16.8. The monoisotopic (exact) mass is 301 g/mol. The summed E-state index contributed by atoms with van der Waals surface area (Å²) in [6.07, 6.45) is 5.35. The van der Waals surface area contributed by atoms with Crippen molar-refractivity contribution in [3.63, 3.8) is 0 Å². The van der Waals surface area contributed by atoms with Crippen LogP contribution < -0.4 is 10.2 Å². The highest BCUT2D eigenvalue weighted by Crippen LogP contribution is 2.24. The lowest BCUT2D eigenvalue weighted by atomic mass is 9.85. The standard InChI is InChI=1S/C18H27N3O/c1-21(12-4-11-19)17-9-7-15(8-10-17)13-20-18-6-3-2-5-16(18)14-22/h7-10,16,18,20,22H,2-6,12-14H2,1H3. The van der Waals surface area contributed by atoms with Crippen LogP contribution in [0.1, 0.15) is 37.7 Å². The summed E-state index contributed by atoms with van der Waals surface area (Å²) >= 11 is 0. The number of benzene rings is 1.